The van der Waals surface area contributed by atoms with Crippen molar-refractivity contribution in [2.75, 3.05) is 13.6 Å². The molecule has 1 heterocycles. The Labute approximate surface area is 93.5 Å². The average molecular weight is 222 g/mol. The number of rotatable bonds is 3. The van der Waals surface area contributed by atoms with Gasteiger partial charge in [-0.05, 0) is 25.2 Å². The highest BCUT2D eigenvalue weighted by molar-refractivity contribution is 6.31. The van der Waals surface area contributed by atoms with E-state index >= 15 is 0 Å². The second-order valence-corrected chi connectivity index (χ2v) is 3.78. The molecular weight excluding hydrogens is 210 g/mol. The monoisotopic (exact) mass is 221 g/mol. The SMILES string of the molecule is CNCCc1ncc2ccc(Cl)cc2n1. The van der Waals surface area contributed by atoms with Crippen molar-refractivity contribution in [3.63, 3.8) is 0 Å². The van der Waals surface area contributed by atoms with E-state index in [4.69, 9.17) is 11.6 Å². The molecule has 15 heavy (non-hydrogen) atoms. The molecular formula is C11H12ClN3. The highest BCUT2D eigenvalue weighted by Gasteiger charge is 2.00. The van der Waals surface area contributed by atoms with Crippen LogP contribution in [0, 0.1) is 0 Å². The second kappa shape index (κ2) is 4.55. The lowest BCUT2D eigenvalue weighted by Crippen LogP contribution is -2.12. The van der Waals surface area contributed by atoms with Crippen LogP contribution in [0.1, 0.15) is 5.82 Å². The Hall–Kier alpha value is -1.19. The van der Waals surface area contributed by atoms with E-state index in [1.807, 2.05) is 31.4 Å². The Morgan fingerprint density at radius 2 is 2.27 bits per heavy atom. The fourth-order valence-corrected chi connectivity index (χ4v) is 1.56. The van der Waals surface area contributed by atoms with Crippen molar-refractivity contribution in [2.24, 2.45) is 0 Å². The Bertz CT molecular complexity index is 470. The van der Waals surface area contributed by atoms with E-state index in [0.29, 0.717) is 5.02 Å². The van der Waals surface area contributed by atoms with E-state index in [1.165, 1.54) is 0 Å². The summed E-state index contributed by atoms with van der Waals surface area (Å²) in [5.74, 6) is 0.846. The zero-order chi connectivity index (χ0) is 10.7. The van der Waals surface area contributed by atoms with Crippen LogP contribution in [0.5, 0.6) is 0 Å². The van der Waals surface area contributed by atoms with Gasteiger partial charge in [-0.25, -0.2) is 9.97 Å². The van der Waals surface area contributed by atoms with E-state index in [-0.39, 0.29) is 0 Å². The second-order valence-electron chi connectivity index (χ2n) is 3.34. The van der Waals surface area contributed by atoms with E-state index < -0.39 is 0 Å². The zero-order valence-corrected chi connectivity index (χ0v) is 9.25. The fraction of sp³-hybridized carbons (Fsp3) is 0.273. The predicted molar refractivity (Wildman–Crippen MR) is 62.2 cm³/mol. The summed E-state index contributed by atoms with van der Waals surface area (Å²) in [7, 11) is 1.91. The quantitative estimate of drug-likeness (QED) is 0.862. The molecule has 2 aromatic rings. The third-order valence-corrected chi connectivity index (χ3v) is 2.43. The van der Waals surface area contributed by atoms with E-state index in [0.717, 1.165) is 29.7 Å². The summed E-state index contributed by atoms with van der Waals surface area (Å²) in [6.45, 7) is 0.881. The third-order valence-electron chi connectivity index (χ3n) is 2.19. The molecule has 0 fully saturated rings. The maximum Gasteiger partial charge on any atom is 0.130 e. The summed E-state index contributed by atoms with van der Waals surface area (Å²) in [6, 6.07) is 5.64. The third kappa shape index (κ3) is 2.43. The van der Waals surface area contributed by atoms with Gasteiger partial charge in [0, 0.05) is 29.6 Å². The first kappa shape index (κ1) is 10.3. The van der Waals surface area contributed by atoms with Crippen molar-refractivity contribution in [1.82, 2.24) is 15.3 Å². The largest absolute Gasteiger partial charge is 0.319 e. The van der Waals surface area contributed by atoms with Gasteiger partial charge in [0.15, 0.2) is 0 Å². The van der Waals surface area contributed by atoms with Gasteiger partial charge in [0.2, 0.25) is 0 Å². The van der Waals surface area contributed by atoms with Crippen molar-refractivity contribution in [3.8, 4) is 0 Å². The van der Waals surface area contributed by atoms with E-state index in [9.17, 15) is 0 Å². The molecule has 0 spiro atoms. The number of fused-ring (bicyclic) bond motifs is 1. The number of nitrogens with zero attached hydrogens (tertiary/aromatic N) is 2. The van der Waals surface area contributed by atoms with Gasteiger partial charge in [-0.3, -0.25) is 0 Å². The number of aromatic nitrogens is 2. The number of nitrogens with one attached hydrogen (secondary N) is 1. The topological polar surface area (TPSA) is 37.8 Å². The molecule has 1 aromatic carbocycles. The number of likely N-dealkylation sites (N-methyl/N-ethyl adjacent to an activating group) is 1. The first-order chi connectivity index (χ1) is 7.29. The number of hydrogen-bond donors (Lipinski definition) is 1. The predicted octanol–water partition coefficient (Wildman–Crippen LogP) is 2.05. The maximum atomic E-state index is 5.90. The van der Waals surface area contributed by atoms with Gasteiger partial charge in [-0.15, -0.1) is 0 Å². The van der Waals surface area contributed by atoms with Gasteiger partial charge >= 0.3 is 0 Å². The normalized spacial score (nSPS) is 10.8. The van der Waals surface area contributed by atoms with Crippen LogP contribution in [0.4, 0.5) is 0 Å². The molecule has 0 bridgehead atoms. The molecule has 0 atom stereocenters. The summed E-state index contributed by atoms with van der Waals surface area (Å²) in [6.07, 6.45) is 2.67. The lowest BCUT2D eigenvalue weighted by Gasteiger charge is -2.01. The molecule has 0 unspecified atom stereocenters. The van der Waals surface area contributed by atoms with Crippen LogP contribution in [-0.4, -0.2) is 23.6 Å². The van der Waals surface area contributed by atoms with Gasteiger partial charge in [0.05, 0.1) is 5.52 Å². The standard InChI is InChI=1S/C11H12ClN3/c1-13-5-4-11-14-7-8-2-3-9(12)6-10(8)15-11/h2-3,6-7,13H,4-5H2,1H3. The minimum absolute atomic E-state index is 0.709. The van der Waals surface area contributed by atoms with Crippen LogP contribution in [0.25, 0.3) is 10.9 Å². The van der Waals surface area contributed by atoms with Crippen LogP contribution in [-0.2, 0) is 6.42 Å². The minimum Gasteiger partial charge on any atom is -0.319 e. The Balaban J connectivity index is 2.36. The number of benzene rings is 1. The molecule has 3 nitrogen and oxygen atoms in total. The molecule has 0 radical (unpaired) electrons. The van der Waals surface area contributed by atoms with Crippen LogP contribution >= 0.6 is 11.6 Å². The number of hydrogen-bond acceptors (Lipinski definition) is 3. The molecule has 0 aliphatic rings. The molecule has 0 amide bonds. The van der Waals surface area contributed by atoms with Crippen LogP contribution < -0.4 is 5.32 Å². The van der Waals surface area contributed by atoms with Gasteiger partial charge in [-0.1, -0.05) is 11.6 Å². The highest BCUT2D eigenvalue weighted by Crippen LogP contribution is 2.16. The summed E-state index contributed by atoms with van der Waals surface area (Å²) < 4.78 is 0. The minimum atomic E-state index is 0.709. The van der Waals surface area contributed by atoms with Crippen LogP contribution in [0.3, 0.4) is 0 Å². The van der Waals surface area contributed by atoms with Gasteiger partial charge in [0.25, 0.3) is 0 Å². The van der Waals surface area contributed by atoms with Gasteiger partial charge < -0.3 is 5.32 Å². The molecule has 0 aliphatic carbocycles. The molecule has 0 saturated carbocycles. The van der Waals surface area contributed by atoms with Crippen molar-refractivity contribution >= 4 is 22.5 Å². The van der Waals surface area contributed by atoms with Gasteiger partial charge in [-0.2, -0.15) is 0 Å². The summed E-state index contributed by atoms with van der Waals surface area (Å²) in [5.41, 5.74) is 0.906. The molecule has 4 heteroatoms. The fourth-order valence-electron chi connectivity index (χ4n) is 1.39. The van der Waals surface area contributed by atoms with Crippen molar-refractivity contribution in [2.45, 2.75) is 6.42 Å². The zero-order valence-electron chi connectivity index (χ0n) is 8.50. The van der Waals surface area contributed by atoms with Crippen molar-refractivity contribution < 1.29 is 0 Å². The van der Waals surface area contributed by atoms with Crippen molar-refractivity contribution in [3.05, 3.63) is 35.2 Å². The van der Waals surface area contributed by atoms with E-state index in [1.54, 1.807) is 0 Å². The Kier molecular flexibility index (Phi) is 3.14. The first-order valence-corrected chi connectivity index (χ1v) is 5.23. The smallest absolute Gasteiger partial charge is 0.130 e. The average Bonchev–Trinajstić information content (AvgIpc) is 2.25. The maximum absolute atomic E-state index is 5.90. The van der Waals surface area contributed by atoms with Crippen LogP contribution in [0.15, 0.2) is 24.4 Å². The summed E-state index contributed by atoms with van der Waals surface area (Å²) >= 11 is 5.90. The van der Waals surface area contributed by atoms with Gasteiger partial charge in [0.1, 0.15) is 5.82 Å². The lowest BCUT2D eigenvalue weighted by atomic mass is 10.2. The highest BCUT2D eigenvalue weighted by atomic mass is 35.5. The van der Waals surface area contributed by atoms with Crippen LogP contribution in [0.2, 0.25) is 5.02 Å². The Morgan fingerprint density at radius 1 is 1.40 bits per heavy atom. The molecule has 78 valence electrons. The molecule has 1 N–H and O–H groups in total. The summed E-state index contributed by atoms with van der Waals surface area (Å²) in [4.78, 5) is 8.72. The van der Waals surface area contributed by atoms with Crippen molar-refractivity contribution in [1.29, 1.82) is 0 Å². The Morgan fingerprint density at radius 3 is 3.07 bits per heavy atom. The lowest BCUT2D eigenvalue weighted by molar-refractivity contribution is 0.759. The molecule has 0 saturated heterocycles. The molecule has 2 rings (SSSR count). The molecule has 0 aliphatic heterocycles. The molecule has 1 aromatic heterocycles. The number of halogens is 1. The first-order valence-electron chi connectivity index (χ1n) is 4.85. The van der Waals surface area contributed by atoms with E-state index in [2.05, 4.69) is 15.3 Å². The summed E-state index contributed by atoms with van der Waals surface area (Å²) in [5, 5.41) is 4.80.